The largest absolute Gasteiger partial charge is 0.493 e. The van der Waals surface area contributed by atoms with E-state index in [-0.39, 0.29) is 22.3 Å². The third-order valence-electron chi connectivity index (χ3n) is 3.85. The summed E-state index contributed by atoms with van der Waals surface area (Å²) in [7, 11) is 1.42. The molecule has 0 atom stereocenters. The molecular formula is C21H25ClN2O6S. The van der Waals surface area contributed by atoms with Gasteiger partial charge in [0, 0.05) is 11.4 Å². The SMILES string of the molecule is COc1cc(C(=O)OCC(=O)NC(=O)NCCc2cccs2)cc(Cl)c1OCC(C)C. The molecule has 1 aromatic carbocycles. The molecule has 2 rings (SSSR count). The lowest BCUT2D eigenvalue weighted by atomic mass is 10.2. The number of amides is 3. The number of hydrogen-bond donors (Lipinski definition) is 2. The van der Waals surface area contributed by atoms with Crippen molar-refractivity contribution in [2.24, 2.45) is 5.92 Å². The van der Waals surface area contributed by atoms with Crippen molar-refractivity contribution in [2.45, 2.75) is 20.3 Å². The molecule has 0 spiro atoms. The van der Waals surface area contributed by atoms with Gasteiger partial charge >= 0.3 is 12.0 Å². The molecule has 168 valence electrons. The van der Waals surface area contributed by atoms with Crippen LogP contribution in [-0.2, 0) is 16.0 Å². The molecule has 0 bridgehead atoms. The minimum absolute atomic E-state index is 0.0898. The van der Waals surface area contributed by atoms with Gasteiger partial charge in [0.15, 0.2) is 18.1 Å². The second-order valence-corrected chi connectivity index (χ2v) is 8.34. The number of hydrogen-bond acceptors (Lipinski definition) is 7. The summed E-state index contributed by atoms with van der Waals surface area (Å²) >= 11 is 7.80. The molecule has 0 aliphatic carbocycles. The molecule has 0 radical (unpaired) electrons. The molecule has 1 heterocycles. The first-order valence-electron chi connectivity index (χ1n) is 9.57. The van der Waals surface area contributed by atoms with Crippen LogP contribution in [0.15, 0.2) is 29.6 Å². The molecule has 0 saturated carbocycles. The fourth-order valence-corrected chi connectivity index (χ4v) is 3.38. The number of urea groups is 1. The minimum Gasteiger partial charge on any atom is -0.493 e. The first-order valence-corrected chi connectivity index (χ1v) is 10.8. The van der Waals surface area contributed by atoms with Crippen LogP contribution in [0.5, 0.6) is 11.5 Å². The van der Waals surface area contributed by atoms with Crippen LogP contribution >= 0.6 is 22.9 Å². The van der Waals surface area contributed by atoms with Crippen LogP contribution in [0.4, 0.5) is 4.79 Å². The van der Waals surface area contributed by atoms with Crippen molar-refractivity contribution in [1.29, 1.82) is 0 Å². The Morgan fingerprint density at radius 2 is 2.00 bits per heavy atom. The Morgan fingerprint density at radius 1 is 1.23 bits per heavy atom. The van der Waals surface area contributed by atoms with E-state index in [2.05, 4.69) is 10.6 Å². The minimum atomic E-state index is -0.788. The second kappa shape index (κ2) is 12.2. The van der Waals surface area contributed by atoms with Gasteiger partial charge < -0.3 is 19.5 Å². The summed E-state index contributed by atoms with van der Waals surface area (Å²) in [6.07, 6.45) is 0.660. The van der Waals surface area contributed by atoms with Crippen molar-refractivity contribution in [3.63, 3.8) is 0 Å². The van der Waals surface area contributed by atoms with Gasteiger partial charge in [0.1, 0.15) is 0 Å². The van der Waals surface area contributed by atoms with Crippen LogP contribution in [0, 0.1) is 5.92 Å². The van der Waals surface area contributed by atoms with Gasteiger partial charge in [0.05, 0.1) is 24.3 Å². The van der Waals surface area contributed by atoms with Crippen molar-refractivity contribution in [1.82, 2.24) is 10.6 Å². The molecule has 31 heavy (non-hydrogen) atoms. The monoisotopic (exact) mass is 468 g/mol. The van der Waals surface area contributed by atoms with E-state index in [4.69, 9.17) is 25.8 Å². The molecule has 0 aliphatic rings. The fourth-order valence-electron chi connectivity index (χ4n) is 2.40. The summed E-state index contributed by atoms with van der Waals surface area (Å²) in [6.45, 7) is 4.16. The lowest BCUT2D eigenvalue weighted by molar-refractivity contribution is -0.123. The van der Waals surface area contributed by atoms with E-state index in [0.717, 1.165) is 4.88 Å². The van der Waals surface area contributed by atoms with Crippen molar-refractivity contribution in [3.05, 3.63) is 45.1 Å². The van der Waals surface area contributed by atoms with Gasteiger partial charge in [-0.15, -0.1) is 11.3 Å². The Kier molecular flexibility index (Phi) is 9.61. The molecule has 8 nitrogen and oxygen atoms in total. The number of halogens is 1. The summed E-state index contributed by atoms with van der Waals surface area (Å²) in [5.74, 6) is -0.668. The maximum absolute atomic E-state index is 12.3. The zero-order valence-electron chi connectivity index (χ0n) is 17.5. The standard InChI is InChI=1S/C21H25ClN2O6S/c1-13(2)11-29-19-16(22)9-14(10-17(19)28-3)20(26)30-12-18(25)24-21(27)23-7-6-15-5-4-8-31-15/h4-5,8-10,13H,6-7,11-12H2,1-3H3,(H2,23,24,25,27). The number of nitrogens with one attached hydrogen (secondary N) is 2. The predicted molar refractivity (Wildman–Crippen MR) is 118 cm³/mol. The van der Waals surface area contributed by atoms with Crippen LogP contribution in [0.3, 0.4) is 0 Å². The number of imide groups is 1. The Morgan fingerprint density at radius 3 is 2.65 bits per heavy atom. The number of carbonyl (C=O) groups excluding carboxylic acids is 3. The van der Waals surface area contributed by atoms with Gasteiger partial charge in [-0.25, -0.2) is 9.59 Å². The Labute approximate surface area is 189 Å². The summed E-state index contributed by atoms with van der Waals surface area (Å²) in [4.78, 5) is 37.0. The number of carbonyl (C=O) groups is 3. The van der Waals surface area contributed by atoms with Crippen LogP contribution < -0.4 is 20.1 Å². The maximum atomic E-state index is 12.3. The highest BCUT2D eigenvalue weighted by molar-refractivity contribution is 7.09. The maximum Gasteiger partial charge on any atom is 0.338 e. The quantitative estimate of drug-likeness (QED) is 0.516. The molecule has 0 fully saturated rings. The van der Waals surface area contributed by atoms with Crippen LogP contribution in [-0.4, -0.2) is 44.8 Å². The second-order valence-electron chi connectivity index (χ2n) is 6.90. The Hall–Kier alpha value is -2.78. The smallest absolute Gasteiger partial charge is 0.338 e. The van der Waals surface area contributed by atoms with E-state index in [1.165, 1.54) is 19.2 Å². The predicted octanol–water partition coefficient (Wildman–Crippen LogP) is 3.67. The zero-order valence-corrected chi connectivity index (χ0v) is 19.1. The number of esters is 1. The van der Waals surface area contributed by atoms with Gasteiger partial charge in [-0.2, -0.15) is 0 Å². The highest BCUT2D eigenvalue weighted by Gasteiger charge is 2.18. The van der Waals surface area contributed by atoms with Gasteiger partial charge in [-0.3, -0.25) is 10.1 Å². The van der Waals surface area contributed by atoms with E-state index in [0.29, 0.717) is 25.3 Å². The fraction of sp³-hybridized carbons (Fsp3) is 0.381. The van der Waals surface area contributed by atoms with Crippen molar-refractivity contribution < 1.29 is 28.6 Å². The normalized spacial score (nSPS) is 10.5. The summed E-state index contributed by atoms with van der Waals surface area (Å²) in [5.41, 5.74) is 0.0898. The summed E-state index contributed by atoms with van der Waals surface area (Å²) < 4.78 is 15.8. The molecule has 1 aromatic heterocycles. The third kappa shape index (κ3) is 8.10. The first kappa shape index (κ1) is 24.5. The lowest BCUT2D eigenvalue weighted by Gasteiger charge is -2.15. The molecule has 10 heteroatoms. The summed E-state index contributed by atoms with van der Waals surface area (Å²) in [5, 5.41) is 6.80. The lowest BCUT2D eigenvalue weighted by Crippen LogP contribution is -2.42. The first-order chi connectivity index (χ1) is 14.8. The molecule has 0 aliphatic heterocycles. The van der Waals surface area contributed by atoms with Gasteiger partial charge in [0.2, 0.25) is 0 Å². The van der Waals surface area contributed by atoms with E-state index >= 15 is 0 Å². The van der Waals surface area contributed by atoms with Crippen LogP contribution in [0.25, 0.3) is 0 Å². The average Bonchev–Trinajstić information content (AvgIpc) is 3.23. The van der Waals surface area contributed by atoms with E-state index in [1.807, 2.05) is 31.4 Å². The number of methoxy groups -OCH3 is 1. The molecule has 0 saturated heterocycles. The molecule has 0 unspecified atom stereocenters. The highest BCUT2D eigenvalue weighted by atomic mass is 35.5. The van der Waals surface area contributed by atoms with Crippen LogP contribution in [0.1, 0.15) is 29.1 Å². The van der Waals surface area contributed by atoms with Crippen molar-refractivity contribution >= 4 is 40.8 Å². The number of benzene rings is 1. The summed E-state index contributed by atoms with van der Waals surface area (Å²) in [6, 6.07) is 6.01. The highest BCUT2D eigenvalue weighted by Crippen LogP contribution is 2.36. The number of thiophene rings is 1. The Bertz CT molecular complexity index is 902. The van der Waals surface area contributed by atoms with Gasteiger partial charge in [0.25, 0.3) is 5.91 Å². The molecule has 2 aromatic rings. The van der Waals surface area contributed by atoms with E-state index in [1.54, 1.807) is 11.3 Å². The van der Waals surface area contributed by atoms with Crippen LogP contribution in [0.2, 0.25) is 5.02 Å². The zero-order chi connectivity index (χ0) is 22.8. The van der Waals surface area contributed by atoms with E-state index in [9.17, 15) is 14.4 Å². The molecule has 3 amide bonds. The third-order valence-corrected chi connectivity index (χ3v) is 5.07. The van der Waals surface area contributed by atoms with Gasteiger partial charge in [-0.1, -0.05) is 31.5 Å². The average molecular weight is 469 g/mol. The number of ether oxygens (including phenoxy) is 3. The van der Waals surface area contributed by atoms with E-state index < -0.39 is 24.5 Å². The van der Waals surface area contributed by atoms with Crippen molar-refractivity contribution in [3.8, 4) is 11.5 Å². The number of rotatable bonds is 10. The topological polar surface area (TPSA) is 103 Å². The molecule has 2 N–H and O–H groups in total. The van der Waals surface area contributed by atoms with Gasteiger partial charge in [-0.05, 0) is 35.9 Å². The Balaban J connectivity index is 1.83. The van der Waals surface area contributed by atoms with Crippen molar-refractivity contribution in [2.75, 3.05) is 26.9 Å². The molecular weight excluding hydrogens is 444 g/mol.